The molecule has 0 radical (unpaired) electrons. The number of aryl methyl sites for hydroxylation is 1. The smallest absolute Gasteiger partial charge is 0.331 e. The molecule has 1 aliphatic heterocycles. The number of rotatable bonds is 6. The van der Waals surface area contributed by atoms with E-state index in [1.165, 1.54) is 11.8 Å². The van der Waals surface area contributed by atoms with E-state index in [9.17, 15) is 9.90 Å². The van der Waals surface area contributed by atoms with Crippen LogP contribution in [0.4, 0.5) is 5.82 Å². The van der Waals surface area contributed by atoms with Crippen molar-refractivity contribution in [3.63, 3.8) is 0 Å². The first-order valence-electron chi connectivity index (χ1n) is 7.26. The van der Waals surface area contributed by atoms with E-state index >= 15 is 0 Å². The van der Waals surface area contributed by atoms with Crippen LogP contribution in [-0.4, -0.2) is 46.6 Å². The van der Waals surface area contributed by atoms with Crippen LogP contribution in [0, 0.1) is 6.92 Å². The van der Waals surface area contributed by atoms with Gasteiger partial charge in [0.1, 0.15) is 5.82 Å². The third-order valence-electron chi connectivity index (χ3n) is 3.54. The first kappa shape index (κ1) is 16.8. The quantitative estimate of drug-likeness (QED) is 0.473. The van der Waals surface area contributed by atoms with Crippen LogP contribution in [0.5, 0.6) is 0 Å². The summed E-state index contributed by atoms with van der Waals surface area (Å²) in [5.74, 6) is -0.231. The van der Waals surface area contributed by atoms with Crippen LogP contribution >= 0.6 is 11.8 Å². The van der Waals surface area contributed by atoms with Gasteiger partial charge in [-0.1, -0.05) is 18.7 Å². The predicted octanol–water partition coefficient (Wildman–Crippen LogP) is 2.59. The molecule has 1 aliphatic rings. The highest BCUT2D eigenvalue weighted by molar-refractivity contribution is 7.98. The second kappa shape index (κ2) is 7.60. The first-order chi connectivity index (χ1) is 10.5. The fourth-order valence-electron chi connectivity index (χ4n) is 2.26. The van der Waals surface area contributed by atoms with Crippen LogP contribution in [-0.2, 0) is 9.53 Å². The summed E-state index contributed by atoms with van der Waals surface area (Å²) in [4.78, 5) is 20.2. The minimum atomic E-state index is -0.911. The summed E-state index contributed by atoms with van der Waals surface area (Å²) in [6.07, 6.45) is 4.95. The van der Waals surface area contributed by atoms with Crippen molar-refractivity contribution in [2.45, 2.75) is 37.9 Å². The molecule has 0 spiro atoms. The molecular formula is C15H21N3O3S. The molecule has 1 aromatic heterocycles. The molecule has 0 saturated carbocycles. The lowest BCUT2D eigenvalue weighted by molar-refractivity contribution is -0.132. The van der Waals surface area contributed by atoms with E-state index in [-0.39, 0.29) is 6.04 Å². The van der Waals surface area contributed by atoms with Gasteiger partial charge in [-0.25, -0.2) is 14.8 Å². The van der Waals surface area contributed by atoms with E-state index in [0.29, 0.717) is 29.6 Å². The maximum atomic E-state index is 11.3. The van der Waals surface area contributed by atoms with Crippen molar-refractivity contribution in [2.75, 3.05) is 24.8 Å². The fraction of sp³-hybridized carbons (Fsp3) is 0.533. The Balaban J connectivity index is 2.42. The number of hydrogen-bond donors (Lipinski definition) is 2. The minimum Gasteiger partial charge on any atom is -0.478 e. The number of aromatic nitrogens is 2. The fourth-order valence-corrected chi connectivity index (χ4v) is 2.67. The average molecular weight is 323 g/mol. The predicted molar refractivity (Wildman–Crippen MR) is 87.3 cm³/mol. The number of carboxylic acids is 1. The van der Waals surface area contributed by atoms with Crippen LogP contribution in [0.3, 0.4) is 0 Å². The first-order valence-corrected chi connectivity index (χ1v) is 8.48. The minimum absolute atomic E-state index is 0.200. The second-order valence-corrected chi connectivity index (χ2v) is 5.86. The molecule has 2 rings (SSSR count). The van der Waals surface area contributed by atoms with Crippen molar-refractivity contribution in [1.29, 1.82) is 0 Å². The molecule has 1 unspecified atom stereocenters. The Bertz CT molecular complexity index is 584. The van der Waals surface area contributed by atoms with Gasteiger partial charge in [0.15, 0.2) is 5.16 Å². The highest BCUT2D eigenvalue weighted by Gasteiger charge is 2.19. The van der Waals surface area contributed by atoms with Gasteiger partial charge in [-0.3, -0.25) is 0 Å². The van der Waals surface area contributed by atoms with Gasteiger partial charge < -0.3 is 15.2 Å². The van der Waals surface area contributed by atoms with Gasteiger partial charge in [-0.2, -0.15) is 0 Å². The summed E-state index contributed by atoms with van der Waals surface area (Å²) in [7, 11) is 0. The summed E-state index contributed by atoms with van der Waals surface area (Å²) < 4.78 is 5.38. The zero-order valence-electron chi connectivity index (χ0n) is 13.0. The lowest BCUT2D eigenvalue weighted by atomic mass is 10.1. The van der Waals surface area contributed by atoms with Crippen LogP contribution < -0.4 is 5.32 Å². The van der Waals surface area contributed by atoms with Gasteiger partial charge in [0.2, 0.25) is 0 Å². The van der Waals surface area contributed by atoms with Crippen LogP contribution in [0.15, 0.2) is 10.7 Å². The van der Waals surface area contributed by atoms with E-state index in [1.54, 1.807) is 6.08 Å². The molecule has 7 heteroatoms. The standard InChI is InChI=1S/C15H21N3O3S/c1-4-10(14(19)20)7-12-9(2)16-15(22-3)18-13(12)17-11-5-6-21-8-11/h7,11H,4-6,8H2,1-3H3,(H,19,20)(H,16,17,18)/b10-7+. The Kier molecular flexibility index (Phi) is 5.79. The van der Waals surface area contributed by atoms with Gasteiger partial charge in [0, 0.05) is 17.7 Å². The maximum Gasteiger partial charge on any atom is 0.331 e. The number of carbonyl (C=O) groups is 1. The van der Waals surface area contributed by atoms with Crippen molar-refractivity contribution in [3.8, 4) is 0 Å². The molecule has 0 aromatic carbocycles. The highest BCUT2D eigenvalue weighted by atomic mass is 32.2. The Hall–Kier alpha value is -1.60. The van der Waals surface area contributed by atoms with Crippen LogP contribution in [0.25, 0.3) is 6.08 Å². The lowest BCUT2D eigenvalue weighted by Crippen LogP contribution is -2.21. The molecule has 1 atom stereocenters. The largest absolute Gasteiger partial charge is 0.478 e. The average Bonchev–Trinajstić information content (AvgIpc) is 2.98. The molecule has 1 fully saturated rings. The molecule has 0 aliphatic carbocycles. The number of anilines is 1. The van der Waals surface area contributed by atoms with Gasteiger partial charge in [0.05, 0.1) is 18.3 Å². The maximum absolute atomic E-state index is 11.3. The van der Waals surface area contributed by atoms with Gasteiger partial charge in [0.25, 0.3) is 0 Å². The molecule has 120 valence electrons. The number of carboxylic acid groups (broad SMARTS) is 1. The second-order valence-electron chi connectivity index (χ2n) is 5.09. The molecule has 22 heavy (non-hydrogen) atoms. The number of ether oxygens (including phenoxy) is 1. The topological polar surface area (TPSA) is 84.3 Å². The number of thioether (sulfide) groups is 1. The van der Waals surface area contributed by atoms with Crippen molar-refractivity contribution < 1.29 is 14.6 Å². The molecule has 1 aromatic rings. The van der Waals surface area contributed by atoms with Crippen LogP contribution in [0.1, 0.15) is 31.0 Å². The van der Waals surface area contributed by atoms with E-state index in [2.05, 4.69) is 15.3 Å². The summed E-state index contributed by atoms with van der Waals surface area (Å²) in [6.45, 7) is 5.07. The van der Waals surface area contributed by atoms with Crippen molar-refractivity contribution in [2.24, 2.45) is 0 Å². The number of nitrogens with one attached hydrogen (secondary N) is 1. The zero-order chi connectivity index (χ0) is 16.1. The molecule has 0 bridgehead atoms. The Morgan fingerprint density at radius 2 is 2.32 bits per heavy atom. The van der Waals surface area contributed by atoms with Crippen molar-refractivity contribution in [3.05, 3.63) is 16.8 Å². The Labute approximate surface area is 134 Å². The monoisotopic (exact) mass is 323 g/mol. The normalized spacial score (nSPS) is 18.5. The summed E-state index contributed by atoms with van der Waals surface area (Å²) in [5, 5.41) is 13.3. The molecule has 0 amide bonds. The third-order valence-corrected chi connectivity index (χ3v) is 4.09. The van der Waals surface area contributed by atoms with E-state index < -0.39 is 5.97 Å². The van der Waals surface area contributed by atoms with Crippen LogP contribution in [0.2, 0.25) is 0 Å². The Morgan fingerprint density at radius 1 is 1.55 bits per heavy atom. The number of nitrogens with zero attached hydrogens (tertiary/aromatic N) is 2. The highest BCUT2D eigenvalue weighted by Crippen LogP contribution is 2.25. The van der Waals surface area contributed by atoms with Gasteiger partial charge in [-0.15, -0.1) is 0 Å². The zero-order valence-corrected chi connectivity index (χ0v) is 13.9. The van der Waals surface area contributed by atoms with E-state index in [1.807, 2.05) is 20.1 Å². The molecular weight excluding hydrogens is 302 g/mol. The van der Waals surface area contributed by atoms with E-state index in [0.717, 1.165) is 24.3 Å². The lowest BCUT2D eigenvalue weighted by Gasteiger charge is -2.16. The van der Waals surface area contributed by atoms with Crippen molar-refractivity contribution in [1.82, 2.24) is 9.97 Å². The molecule has 2 N–H and O–H groups in total. The molecule has 6 nitrogen and oxygen atoms in total. The summed E-state index contributed by atoms with van der Waals surface area (Å²) >= 11 is 1.46. The van der Waals surface area contributed by atoms with Gasteiger partial charge >= 0.3 is 5.97 Å². The number of hydrogen-bond acceptors (Lipinski definition) is 6. The molecule has 2 heterocycles. The SMILES string of the molecule is CC/C(=C\c1c(C)nc(SC)nc1NC1CCOC1)C(=O)O. The Morgan fingerprint density at radius 3 is 2.86 bits per heavy atom. The third kappa shape index (κ3) is 3.98. The molecule has 1 saturated heterocycles. The van der Waals surface area contributed by atoms with E-state index in [4.69, 9.17) is 4.74 Å². The van der Waals surface area contributed by atoms with Gasteiger partial charge in [-0.05, 0) is 32.1 Å². The number of aliphatic carboxylic acids is 1. The summed E-state index contributed by atoms with van der Waals surface area (Å²) in [6, 6.07) is 0.200. The van der Waals surface area contributed by atoms with Crippen molar-refractivity contribution >= 4 is 29.6 Å². The summed E-state index contributed by atoms with van der Waals surface area (Å²) in [5.41, 5.74) is 1.85.